The molecule has 0 aliphatic heterocycles. The number of amides is 2. The van der Waals surface area contributed by atoms with Gasteiger partial charge in [0.15, 0.2) is 5.56 Å². The van der Waals surface area contributed by atoms with Gasteiger partial charge in [0.1, 0.15) is 17.4 Å². The van der Waals surface area contributed by atoms with E-state index in [0.717, 1.165) is 30.1 Å². The first-order chi connectivity index (χ1) is 13.8. The number of rotatable bonds is 10. The highest BCUT2D eigenvalue weighted by molar-refractivity contribution is 7.11. The van der Waals surface area contributed by atoms with Gasteiger partial charge in [0.2, 0.25) is 5.88 Å². The zero-order valence-corrected chi connectivity index (χ0v) is 17.4. The number of aromatic nitrogens is 1. The highest BCUT2D eigenvalue weighted by atomic mass is 32.1. The molecular formula is C19H25FN4O4S. The number of carboxylic acid groups (broad SMARTS) is 1. The summed E-state index contributed by atoms with van der Waals surface area (Å²) in [6.45, 7) is 6.84. The number of anilines is 1. The minimum atomic E-state index is -1.30. The first kappa shape index (κ1) is 22.6. The van der Waals surface area contributed by atoms with Gasteiger partial charge in [-0.2, -0.15) is 4.37 Å². The molecule has 0 fully saturated rings. The van der Waals surface area contributed by atoms with Crippen LogP contribution in [0.2, 0.25) is 0 Å². The Labute approximate surface area is 172 Å². The largest absolute Gasteiger partial charge is 0.477 e. The molecule has 2 aromatic rings. The average Bonchev–Trinajstić information content (AvgIpc) is 3.03. The molecule has 0 saturated carbocycles. The molecule has 0 radical (unpaired) electrons. The summed E-state index contributed by atoms with van der Waals surface area (Å²) in [5.74, 6) is -1.91. The van der Waals surface area contributed by atoms with Gasteiger partial charge >= 0.3 is 12.0 Å². The molecule has 29 heavy (non-hydrogen) atoms. The van der Waals surface area contributed by atoms with E-state index in [2.05, 4.69) is 20.3 Å². The summed E-state index contributed by atoms with van der Waals surface area (Å²) in [6, 6.07) is 4.50. The maximum absolute atomic E-state index is 13.9. The Bertz CT molecular complexity index is 857. The Hall–Kier alpha value is -2.72. The SMILES string of the molecule is Cc1ccc(COc2nsc(NC(=O)NCCCNC(C)C)c2C(=O)O)c(F)c1. The lowest BCUT2D eigenvalue weighted by molar-refractivity contribution is 0.0693. The van der Waals surface area contributed by atoms with E-state index in [1.165, 1.54) is 6.07 Å². The van der Waals surface area contributed by atoms with E-state index in [9.17, 15) is 19.1 Å². The van der Waals surface area contributed by atoms with Crippen molar-refractivity contribution in [1.29, 1.82) is 0 Å². The molecule has 1 aromatic carbocycles. The summed E-state index contributed by atoms with van der Waals surface area (Å²) in [6.07, 6.45) is 0.733. The Morgan fingerprint density at radius 3 is 2.72 bits per heavy atom. The number of carbonyl (C=O) groups is 2. The molecule has 2 amide bonds. The van der Waals surface area contributed by atoms with Crippen molar-refractivity contribution in [1.82, 2.24) is 15.0 Å². The second kappa shape index (κ2) is 10.7. The molecule has 2 rings (SSSR count). The quantitative estimate of drug-likeness (QED) is 0.435. The second-order valence-electron chi connectivity index (χ2n) is 6.72. The van der Waals surface area contributed by atoms with E-state index >= 15 is 0 Å². The molecule has 0 saturated heterocycles. The van der Waals surface area contributed by atoms with Crippen molar-refractivity contribution in [3.05, 3.63) is 40.7 Å². The highest BCUT2D eigenvalue weighted by Gasteiger charge is 2.23. The van der Waals surface area contributed by atoms with Crippen LogP contribution in [0, 0.1) is 12.7 Å². The molecule has 1 heterocycles. The van der Waals surface area contributed by atoms with E-state index in [1.807, 2.05) is 13.8 Å². The molecule has 158 valence electrons. The topological polar surface area (TPSA) is 113 Å². The Kier molecular flexibility index (Phi) is 8.34. The van der Waals surface area contributed by atoms with Crippen LogP contribution in [0.3, 0.4) is 0 Å². The van der Waals surface area contributed by atoms with E-state index in [0.29, 0.717) is 12.6 Å². The zero-order valence-electron chi connectivity index (χ0n) is 16.5. The molecule has 1 aromatic heterocycles. The fourth-order valence-corrected chi connectivity index (χ4v) is 3.11. The van der Waals surface area contributed by atoms with Gasteiger partial charge in [0.05, 0.1) is 0 Å². The monoisotopic (exact) mass is 424 g/mol. The molecule has 8 nitrogen and oxygen atoms in total. The van der Waals surface area contributed by atoms with Crippen molar-refractivity contribution in [3.63, 3.8) is 0 Å². The third kappa shape index (κ3) is 6.99. The van der Waals surface area contributed by atoms with E-state index < -0.39 is 17.8 Å². The number of hydrogen-bond donors (Lipinski definition) is 4. The first-order valence-corrected chi connectivity index (χ1v) is 9.94. The Morgan fingerprint density at radius 1 is 1.31 bits per heavy atom. The third-order valence-corrected chi connectivity index (χ3v) is 4.61. The number of nitrogens with one attached hydrogen (secondary N) is 3. The first-order valence-electron chi connectivity index (χ1n) is 9.17. The van der Waals surface area contributed by atoms with Crippen LogP contribution in [-0.4, -0.2) is 40.6 Å². The minimum absolute atomic E-state index is 0.0506. The fraction of sp³-hybridized carbons (Fsp3) is 0.421. The number of carbonyl (C=O) groups excluding carboxylic acids is 1. The smallest absolute Gasteiger partial charge is 0.344 e. The number of nitrogens with zero attached hydrogens (tertiary/aromatic N) is 1. The number of carboxylic acids is 1. The third-order valence-electron chi connectivity index (χ3n) is 3.87. The molecule has 0 aliphatic rings. The molecule has 0 aliphatic carbocycles. The van der Waals surface area contributed by atoms with Crippen molar-refractivity contribution < 1.29 is 23.8 Å². The molecule has 10 heteroatoms. The van der Waals surface area contributed by atoms with Crippen molar-refractivity contribution in [2.45, 2.75) is 39.8 Å². The van der Waals surface area contributed by atoms with Crippen LogP contribution in [0.15, 0.2) is 18.2 Å². The van der Waals surface area contributed by atoms with Crippen molar-refractivity contribution in [2.75, 3.05) is 18.4 Å². The zero-order chi connectivity index (χ0) is 21.4. The lowest BCUT2D eigenvalue weighted by atomic mass is 10.1. The predicted molar refractivity (Wildman–Crippen MR) is 109 cm³/mol. The van der Waals surface area contributed by atoms with E-state index in [-0.39, 0.29) is 28.6 Å². The summed E-state index contributed by atoms with van der Waals surface area (Å²) in [4.78, 5) is 23.6. The Balaban J connectivity index is 1.95. The summed E-state index contributed by atoms with van der Waals surface area (Å²) in [5.41, 5.74) is 0.782. The summed E-state index contributed by atoms with van der Waals surface area (Å²) in [7, 11) is 0. The van der Waals surface area contributed by atoms with Gasteiger partial charge in [0, 0.05) is 18.2 Å². The lowest BCUT2D eigenvalue weighted by Crippen LogP contribution is -2.32. The molecule has 0 atom stereocenters. The van der Waals surface area contributed by atoms with Crippen LogP contribution in [0.25, 0.3) is 0 Å². The number of halogens is 1. The van der Waals surface area contributed by atoms with Gasteiger partial charge in [-0.3, -0.25) is 5.32 Å². The van der Waals surface area contributed by atoms with Crippen LogP contribution in [0.5, 0.6) is 5.88 Å². The average molecular weight is 424 g/mol. The summed E-state index contributed by atoms with van der Waals surface area (Å²) < 4.78 is 23.3. The van der Waals surface area contributed by atoms with Crippen LogP contribution < -0.4 is 20.7 Å². The van der Waals surface area contributed by atoms with Gasteiger partial charge in [0.25, 0.3) is 0 Å². The lowest BCUT2D eigenvalue weighted by Gasteiger charge is -2.09. The standard InChI is InChI=1S/C19H25FN4O4S/c1-11(2)21-7-4-8-22-19(27)23-17-15(18(25)26)16(24-29-17)28-10-13-6-5-12(3)9-14(13)20/h5-6,9,11,21H,4,7-8,10H2,1-3H3,(H,25,26)(H2,22,23,27). The van der Waals surface area contributed by atoms with Crippen molar-refractivity contribution in [3.8, 4) is 5.88 Å². The molecule has 4 N–H and O–H groups in total. The van der Waals surface area contributed by atoms with Gasteiger partial charge in [-0.05, 0) is 43.1 Å². The maximum atomic E-state index is 13.9. The van der Waals surface area contributed by atoms with Gasteiger partial charge in [-0.25, -0.2) is 14.0 Å². The summed E-state index contributed by atoms with van der Waals surface area (Å²) in [5, 5.41) is 17.9. The molecule has 0 unspecified atom stereocenters. The van der Waals surface area contributed by atoms with Gasteiger partial charge in [-0.15, -0.1) is 0 Å². The normalized spacial score (nSPS) is 10.8. The van der Waals surface area contributed by atoms with Crippen LogP contribution >= 0.6 is 11.5 Å². The molecule has 0 spiro atoms. The molecular weight excluding hydrogens is 399 g/mol. The molecule has 0 bridgehead atoms. The van der Waals surface area contributed by atoms with Crippen molar-refractivity contribution >= 4 is 28.5 Å². The number of urea groups is 1. The van der Waals surface area contributed by atoms with Crippen LogP contribution in [-0.2, 0) is 6.61 Å². The number of hydrogen-bond acceptors (Lipinski definition) is 6. The number of benzene rings is 1. The van der Waals surface area contributed by atoms with E-state index in [4.69, 9.17) is 4.74 Å². The van der Waals surface area contributed by atoms with Gasteiger partial charge < -0.3 is 20.5 Å². The maximum Gasteiger partial charge on any atom is 0.344 e. The number of aromatic carboxylic acids is 1. The highest BCUT2D eigenvalue weighted by Crippen LogP contribution is 2.31. The number of ether oxygens (including phenoxy) is 1. The number of aryl methyl sites for hydroxylation is 1. The van der Waals surface area contributed by atoms with Gasteiger partial charge in [-0.1, -0.05) is 26.0 Å². The van der Waals surface area contributed by atoms with Crippen LogP contribution in [0.1, 0.15) is 41.8 Å². The van der Waals surface area contributed by atoms with Crippen molar-refractivity contribution in [2.24, 2.45) is 0 Å². The van der Waals surface area contributed by atoms with Crippen LogP contribution in [0.4, 0.5) is 14.2 Å². The predicted octanol–water partition coefficient (Wildman–Crippen LogP) is 3.38. The summed E-state index contributed by atoms with van der Waals surface area (Å²) >= 11 is 0.788. The fourth-order valence-electron chi connectivity index (χ4n) is 2.39. The minimum Gasteiger partial charge on any atom is -0.477 e. The Morgan fingerprint density at radius 2 is 2.07 bits per heavy atom. The van der Waals surface area contributed by atoms with E-state index in [1.54, 1.807) is 19.1 Å². The second-order valence-corrected chi connectivity index (χ2v) is 7.50.